The quantitative estimate of drug-likeness (QED) is 0.908. The third-order valence-corrected chi connectivity index (χ3v) is 4.97. The van der Waals surface area contributed by atoms with E-state index >= 15 is 0 Å². The highest BCUT2D eigenvalue weighted by Crippen LogP contribution is 2.19. The molecule has 0 bridgehead atoms. The monoisotopic (exact) mass is 341 g/mol. The van der Waals surface area contributed by atoms with E-state index in [1.807, 2.05) is 37.7 Å². The minimum Gasteiger partial charge on any atom is -0.357 e. The molecule has 0 atom stereocenters. The number of nitrogens with one attached hydrogen (secondary N) is 1. The summed E-state index contributed by atoms with van der Waals surface area (Å²) in [7, 11) is 1.93. The van der Waals surface area contributed by atoms with Crippen LogP contribution in [0.3, 0.4) is 0 Å². The van der Waals surface area contributed by atoms with Crippen molar-refractivity contribution in [3.05, 3.63) is 35.3 Å². The average Bonchev–Trinajstić information content (AvgIpc) is 2.86. The molecule has 0 saturated carbocycles. The second kappa shape index (κ2) is 7.68. The van der Waals surface area contributed by atoms with Gasteiger partial charge in [0.2, 0.25) is 5.91 Å². The van der Waals surface area contributed by atoms with E-state index in [0.717, 1.165) is 41.5 Å². The number of amides is 1. The number of carbonyl (C=O) groups excluding carboxylic acids is 1. The zero-order valence-corrected chi connectivity index (χ0v) is 15.4. The molecule has 1 fully saturated rings. The highest BCUT2D eigenvalue weighted by molar-refractivity contribution is 5.90. The number of pyridine rings is 1. The molecule has 1 N–H and O–H groups in total. The molecule has 0 spiro atoms. The van der Waals surface area contributed by atoms with Gasteiger partial charge in [-0.2, -0.15) is 5.10 Å². The fourth-order valence-corrected chi connectivity index (χ4v) is 3.41. The fraction of sp³-hybridized carbons (Fsp3) is 0.526. The van der Waals surface area contributed by atoms with Gasteiger partial charge >= 0.3 is 0 Å². The first kappa shape index (κ1) is 17.5. The Morgan fingerprint density at radius 1 is 1.20 bits per heavy atom. The molecule has 0 unspecified atom stereocenters. The standard InChI is InChI=1S/C19H27N5O/c1-14-17(15(2)23(3)22-14)8-10-19(25)21-16-7-9-18(20-13-16)24-11-5-4-6-12-24/h7,9,13H,4-6,8,10-12H2,1-3H3,(H,21,25). The molecule has 3 rings (SSSR count). The number of nitrogens with zero attached hydrogens (tertiary/aromatic N) is 4. The normalized spacial score (nSPS) is 14.6. The van der Waals surface area contributed by atoms with Crippen LogP contribution in [0.4, 0.5) is 11.5 Å². The third-order valence-electron chi connectivity index (χ3n) is 4.97. The average molecular weight is 341 g/mol. The van der Waals surface area contributed by atoms with Crippen LogP contribution in [0.15, 0.2) is 18.3 Å². The van der Waals surface area contributed by atoms with Gasteiger partial charge in [-0.05, 0) is 57.2 Å². The highest BCUT2D eigenvalue weighted by Gasteiger charge is 2.13. The Kier molecular flexibility index (Phi) is 5.36. The highest BCUT2D eigenvalue weighted by atomic mass is 16.1. The Balaban J connectivity index is 1.54. The Hall–Kier alpha value is -2.37. The molecule has 3 heterocycles. The molecule has 6 heteroatoms. The molecule has 0 radical (unpaired) electrons. The fourth-order valence-electron chi connectivity index (χ4n) is 3.41. The maximum Gasteiger partial charge on any atom is 0.224 e. The summed E-state index contributed by atoms with van der Waals surface area (Å²) in [5.74, 6) is 1.01. The minimum absolute atomic E-state index is 0.00942. The summed E-state index contributed by atoms with van der Waals surface area (Å²) in [6.07, 6.45) is 6.67. The van der Waals surface area contributed by atoms with E-state index in [9.17, 15) is 4.79 Å². The third kappa shape index (κ3) is 4.18. The van der Waals surface area contributed by atoms with Crippen molar-refractivity contribution in [2.75, 3.05) is 23.3 Å². The van der Waals surface area contributed by atoms with E-state index < -0.39 is 0 Å². The number of carbonyl (C=O) groups is 1. The van der Waals surface area contributed by atoms with E-state index in [2.05, 4.69) is 20.3 Å². The lowest BCUT2D eigenvalue weighted by atomic mass is 10.1. The number of rotatable bonds is 5. The second-order valence-corrected chi connectivity index (χ2v) is 6.77. The maximum absolute atomic E-state index is 12.2. The molecule has 2 aromatic rings. The van der Waals surface area contributed by atoms with E-state index in [1.54, 1.807) is 6.20 Å². The smallest absolute Gasteiger partial charge is 0.224 e. The molecule has 1 aliphatic rings. The Bertz CT molecular complexity index is 729. The van der Waals surface area contributed by atoms with Gasteiger partial charge in [0.1, 0.15) is 5.82 Å². The van der Waals surface area contributed by atoms with E-state index in [-0.39, 0.29) is 5.91 Å². The van der Waals surface area contributed by atoms with Crippen molar-refractivity contribution in [1.29, 1.82) is 0 Å². The van der Waals surface area contributed by atoms with Crippen LogP contribution in [0.2, 0.25) is 0 Å². The molecule has 1 amide bonds. The van der Waals surface area contributed by atoms with Crippen LogP contribution in [-0.4, -0.2) is 33.8 Å². The molecule has 2 aromatic heterocycles. The molecular weight excluding hydrogens is 314 g/mol. The van der Waals surface area contributed by atoms with Crippen LogP contribution in [0.1, 0.15) is 42.6 Å². The van der Waals surface area contributed by atoms with Crippen molar-refractivity contribution in [2.24, 2.45) is 7.05 Å². The van der Waals surface area contributed by atoms with Gasteiger partial charge in [0.25, 0.3) is 0 Å². The Morgan fingerprint density at radius 2 is 1.96 bits per heavy atom. The summed E-state index contributed by atoms with van der Waals surface area (Å²) in [5, 5.41) is 7.34. The van der Waals surface area contributed by atoms with Crippen LogP contribution < -0.4 is 10.2 Å². The molecule has 0 aliphatic carbocycles. The van der Waals surface area contributed by atoms with Crippen molar-refractivity contribution in [1.82, 2.24) is 14.8 Å². The minimum atomic E-state index is 0.00942. The van der Waals surface area contributed by atoms with Gasteiger partial charge in [0, 0.05) is 32.3 Å². The van der Waals surface area contributed by atoms with Crippen molar-refractivity contribution >= 4 is 17.4 Å². The van der Waals surface area contributed by atoms with Gasteiger partial charge < -0.3 is 10.2 Å². The van der Waals surface area contributed by atoms with Gasteiger partial charge in [-0.3, -0.25) is 9.48 Å². The topological polar surface area (TPSA) is 63.1 Å². The molecule has 1 saturated heterocycles. The first-order valence-corrected chi connectivity index (χ1v) is 9.04. The summed E-state index contributed by atoms with van der Waals surface area (Å²) in [6.45, 7) is 6.17. The predicted octanol–water partition coefficient (Wildman–Crippen LogP) is 2.99. The molecular formula is C19H27N5O. The number of aromatic nitrogens is 3. The van der Waals surface area contributed by atoms with Crippen LogP contribution >= 0.6 is 0 Å². The second-order valence-electron chi connectivity index (χ2n) is 6.77. The SMILES string of the molecule is Cc1nn(C)c(C)c1CCC(=O)Nc1ccc(N2CCCCC2)nc1. The van der Waals surface area contributed by atoms with Crippen LogP contribution in [-0.2, 0) is 18.3 Å². The lowest BCUT2D eigenvalue weighted by Crippen LogP contribution is -2.30. The Morgan fingerprint density at radius 3 is 2.56 bits per heavy atom. The number of hydrogen-bond donors (Lipinski definition) is 1. The van der Waals surface area contributed by atoms with Gasteiger partial charge in [-0.1, -0.05) is 0 Å². The summed E-state index contributed by atoms with van der Waals surface area (Å²) in [5.41, 5.74) is 4.04. The van der Waals surface area contributed by atoms with Crippen LogP contribution in [0, 0.1) is 13.8 Å². The van der Waals surface area contributed by atoms with Crippen LogP contribution in [0.25, 0.3) is 0 Å². The Labute approximate surface area is 149 Å². The predicted molar refractivity (Wildman–Crippen MR) is 99.9 cm³/mol. The number of hydrogen-bond acceptors (Lipinski definition) is 4. The van der Waals surface area contributed by atoms with Gasteiger partial charge in [-0.25, -0.2) is 4.98 Å². The van der Waals surface area contributed by atoms with Crippen molar-refractivity contribution in [3.8, 4) is 0 Å². The summed E-state index contributed by atoms with van der Waals surface area (Å²) in [6, 6.07) is 3.94. The number of anilines is 2. The van der Waals surface area contributed by atoms with Crippen molar-refractivity contribution < 1.29 is 4.79 Å². The van der Waals surface area contributed by atoms with Crippen molar-refractivity contribution in [3.63, 3.8) is 0 Å². The van der Waals surface area contributed by atoms with Gasteiger partial charge in [0.15, 0.2) is 0 Å². The largest absolute Gasteiger partial charge is 0.357 e. The van der Waals surface area contributed by atoms with E-state index in [1.165, 1.54) is 19.3 Å². The molecule has 6 nitrogen and oxygen atoms in total. The van der Waals surface area contributed by atoms with E-state index in [0.29, 0.717) is 12.8 Å². The van der Waals surface area contributed by atoms with Gasteiger partial charge in [0.05, 0.1) is 17.6 Å². The first-order chi connectivity index (χ1) is 12.0. The maximum atomic E-state index is 12.2. The molecule has 0 aromatic carbocycles. The summed E-state index contributed by atoms with van der Waals surface area (Å²) < 4.78 is 1.87. The molecule has 1 aliphatic heterocycles. The number of piperidine rings is 1. The zero-order chi connectivity index (χ0) is 17.8. The summed E-state index contributed by atoms with van der Waals surface area (Å²) >= 11 is 0. The van der Waals surface area contributed by atoms with E-state index in [4.69, 9.17) is 0 Å². The lowest BCUT2D eigenvalue weighted by Gasteiger charge is -2.27. The van der Waals surface area contributed by atoms with Crippen molar-refractivity contribution in [2.45, 2.75) is 46.0 Å². The lowest BCUT2D eigenvalue weighted by molar-refractivity contribution is -0.116. The number of aryl methyl sites for hydroxylation is 2. The van der Waals surface area contributed by atoms with Crippen LogP contribution in [0.5, 0.6) is 0 Å². The first-order valence-electron chi connectivity index (χ1n) is 9.04. The molecule has 25 heavy (non-hydrogen) atoms. The summed E-state index contributed by atoms with van der Waals surface area (Å²) in [4.78, 5) is 19.0. The zero-order valence-electron chi connectivity index (χ0n) is 15.4. The molecule has 134 valence electrons. The van der Waals surface area contributed by atoms with Gasteiger partial charge in [-0.15, -0.1) is 0 Å².